The van der Waals surface area contributed by atoms with Crippen molar-refractivity contribution < 1.29 is 14.3 Å². The van der Waals surface area contributed by atoms with E-state index in [1.165, 1.54) is 6.20 Å². The van der Waals surface area contributed by atoms with E-state index in [-0.39, 0.29) is 11.6 Å². The van der Waals surface area contributed by atoms with E-state index >= 15 is 0 Å². The molecule has 0 saturated carbocycles. The molecule has 0 aliphatic carbocycles. The molecule has 0 saturated heterocycles. The van der Waals surface area contributed by atoms with Gasteiger partial charge in [0.25, 0.3) is 5.91 Å². The molecule has 3 N–H and O–H groups in total. The van der Waals surface area contributed by atoms with Gasteiger partial charge in [-0.25, -0.2) is 4.98 Å². The molecule has 2 aromatic heterocycles. The number of amides is 2. The highest BCUT2D eigenvalue weighted by atomic mass is 16.5. The van der Waals surface area contributed by atoms with Gasteiger partial charge in [0.15, 0.2) is 5.69 Å². The maximum Gasteiger partial charge on any atom is 0.273 e. The van der Waals surface area contributed by atoms with Gasteiger partial charge >= 0.3 is 0 Å². The summed E-state index contributed by atoms with van der Waals surface area (Å²) in [4.78, 5) is 29.0. The number of anilines is 1. The zero-order valence-corrected chi connectivity index (χ0v) is 16.0. The van der Waals surface area contributed by atoms with Gasteiger partial charge in [-0.15, -0.1) is 0 Å². The van der Waals surface area contributed by atoms with Crippen molar-refractivity contribution in [1.82, 2.24) is 20.5 Å². The van der Waals surface area contributed by atoms with Gasteiger partial charge in [0.05, 0.1) is 24.0 Å². The molecule has 0 aliphatic heterocycles. The van der Waals surface area contributed by atoms with Crippen LogP contribution in [0.2, 0.25) is 0 Å². The summed E-state index contributed by atoms with van der Waals surface area (Å²) in [5.74, 6) is 0.122. The molecule has 8 nitrogen and oxygen atoms in total. The molecule has 0 fully saturated rings. The fraction of sp³-hybridized carbons (Fsp3) is 0.300. The second kappa shape index (κ2) is 8.51. The molecule has 8 heteroatoms. The molecule has 1 aromatic carbocycles. The number of para-hydroxylation sites is 1. The smallest absolute Gasteiger partial charge is 0.273 e. The first kappa shape index (κ1) is 19.3. The van der Waals surface area contributed by atoms with Crippen LogP contribution in [0.5, 0.6) is 5.88 Å². The third kappa shape index (κ3) is 4.64. The Balaban J connectivity index is 1.57. The predicted octanol–water partition coefficient (Wildman–Crippen LogP) is 2.75. The lowest BCUT2D eigenvalue weighted by molar-refractivity contribution is -0.117. The van der Waals surface area contributed by atoms with E-state index in [9.17, 15) is 9.59 Å². The Morgan fingerprint density at radius 2 is 1.93 bits per heavy atom. The van der Waals surface area contributed by atoms with Crippen molar-refractivity contribution in [3.05, 3.63) is 48.3 Å². The van der Waals surface area contributed by atoms with Gasteiger partial charge < -0.3 is 15.4 Å². The van der Waals surface area contributed by atoms with Crippen LogP contribution < -0.4 is 15.4 Å². The van der Waals surface area contributed by atoms with Crippen molar-refractivity contribution in [2.24, 2.45) is 5.92 Å². The summed E-state index contributed by atoms with van der Waals surface area (Å²) >= 11 is 0. The van der Waals surface area contributed by atoms with Crippen LogP contribution in [-0.4, -0.2) is 39.6 Å². The lowest BCUT2D eigenvalue weighted by atomic mass is 10.2. The Bertz CT molecular complexity index is 965. The Kier molecular flexibility index (Phi) is 5.88. The summed E-state index contributed by atoms with van der Waals surface area (Å²) in [7, 11) is 0. The largest absolute Gasteiger partial charge is 0.477 e. The van der Waals surface area contributed by atoms with Gasteiger partial charge in [0, 0.05) is 11.5 Å². The van der Waals surface area contributed by atoms with E-state index in [1.807, 2.05) is 18.2 Å². The second-order valence-electron chi connectivity index (χ2n) is 6.89. The van der Waals surface area contributed by atoms with E-state index in [1.54, 1.807) is 25.1 Å². The lowest BCUT2D eigenvalue weighted by Crippen LogP contribution is -2.41. The average molecular weight is 381 g/mol. The number of nitrogens with zero attached hydrogens (tertiary/aromatic N) is 2. The maximum absolute atomic E-state index is 12.5. The van der Waals surface area contributed by atoms with E-state index in [4.69, 9.17) is 4.74 Å². The van der Waals surface area contributed by atoms with E-state index < -0.39 is 11.9 Å². The van der Waals surface area contributed by atoms with Crippen molar-refractivity contribution in [2.45, 2.75) is 26.8 Å². The van der Waals surface area contributed by atoms with Gasteiger partial charge in [-0.05, 0) is 25.0 Å². The van der Waals surface area contributed by atoms with E-state index in [0.717, 1.165) is 5.52 Å². The molecule has 1 atom stereocenters. The van der Waals surface area contributed by atoms with Gasteiger partial charge in [-0.3, -0.25) is 14.7 Å². The summed E-state index contributed by atoms with van der Waals surface area (Å²) in [5.41, 5.74) is 1.53. The first-order valence-corrected chi connectivity index (χ1v) is 9.07. The first-order chi connectivity index (χ1) is 13.4. The van der Waals surface area contributed by atoms with Crippen LogP contribution in [0.4, 0.5) is 5.69 Å². The number of nitrogens with one attached hydrogen (secondary N) is 3. The number of carbonyl (C=O) groups is 2. The molecule has 0 bridgehead atoms. The number of benzene rings is 1. The summed E-state index contributed by atoms with van der Waals surface area (Å²) in [5, 5.41) is 12.9. The molecule has 3 rings (SSSR count). The minimum absolute atomic E-state index is 0.253. The van der Waals surface area contributed by atoms with Gasteiger partial charge in [0.1, 0.15) is 6.04 Å². The van der Waals surface area contributed by atoms with Crippen molar-refractivity contribution >= 4 is 28.4 Å². The van der Waals surface area contributed by atoms with Crippen LogP contribution in [0, 0.1) is 5.92 Å². The van der Waals surface area contributed by atoms with Crippen LogP contribution >= 0.6 is 0 Å². The van der Waals surface area contributed by atoms with Crippen LogP contribution in [-0.2, 0) is 4.79 Å². The third-order valence-electron chi connectivity index (χ3n) is 3.99. The number of rotatable bonds is 7. The molecule has 2 heterocycles. The summed E-state index contributed by atoms with van der Waals surface area (Å²) in [6.45, 7) is 6.28. The standard InChI is InChI=1S/C20H23N5O3/c1-12(2)11-28-17-9-8-14(10-21-17)23-19(26)13(3)22-20(27)18-15-6-4-5-7-16(15)24-25-18/h4-10,12-13H,11H2,1-3H3,(H,22,27)(H,23,26)(H,24,25). The molecule has 0 aliphatic rings. The highest BCUT2D eigenvalue weighted by Gasteiger charge is 2.20. The zero-order chi connectivity index (χ0) is 20.1. The molecule has 28 heavy (non-hydrogen) atoms. The fourth-order valence-corrected chi connectivity index (χ4v) is 2.51. The number of aromatic amines is 1. The number of hydrogen-bond acceptors (Lipinski definition) is 5. The molecular formula is C20H23N5O3. The Morgan fingerprint density at radius 1 is 1.14 bits per heavy atom. The molecular weight excluding hydrogens is 358 g/mol. The lowest BCUT2D eigenvalue weighted by Gasteiger charge is -2.14. The highest BCUT2D eigenvalue weighted by Crippen LogP contribution is 2.15. The maximum atomic E-state index is 12.5. The summed E-state index contributed by atoms with van der Waals surface area (Å²) in [6.07, 6.45) is 1.52. The fourth-order valence-electron chi connectivity index (χ4n) is 2.51. The minimum Gasteiger partial charge on any atom is -0.477 e. The Morgan fingerprint density at radius 3 is 2.64 bits per heavy atom. The SMILES string of the molecule is CC(C)COc1ccc(NC(=O)C(C)NC(=O)c2n[nH]c3ccccc23)cn1. The van der Waals surface area contributed by atoms with E-state index in [0.29, 0.717) is 29.5 Å². The van der Waals surface area contributed by atoms with Crippen molar-refractivity contribution in [3.8, 4) is 5.88 Å². The van der Waals surface area contributed by atoms with Crippen molar-refractivity contribution in [3.63, 3.8) is 0 Å². The molecule has 0 spiro atoms. The third-order valence-corrected chi connectivity index (χ3v) is 3.99. The molecule has 0 radical (unpaired) electrons. The van der Waals surface area contributed by atoms with Crippen LogP contribution in [0.1, 0.15) is 31.3 Å². The van der Waals surface area contributed by atoms with Crippen molar-refractivity contribution in [1.29, 1.82) is 0 Å². The molecule has 2 amide bonds. The van der Waals surface area contributed by atoms with Gasteiger partial charge in [-0.2, -0.15) is 5.10 Å². The number of carbonyl (C=O) groups excluding carboxylic acids is 2. The monoisotopic (exact) mass is 381 g/mol. The Hall–Kier alpha value is -3.42. The minimum atomic E-state index is -0.750. The van der Waals surface area contributed by atoms with Crippen LogP contribution in [0.3, 0.4) is 0 Å². The highest BCUT2D eigenvalue weighted by molar-refractivity contribution is 6.06. The van der Waals surface area contributed by atoms with Gasteiger partial charge in [-0.1, -0.05) is 32.0 Å². The van der Waals surface area contributed by atoms with E-state index in [2.05, 4.69) is 39.7 Å². The van der Waals surface area contributed by atoms with Crippen LogP contribution in [0.15, 0.2) is 42.6 Å². The quantitative estimate of drug-likeness (QED) is 0.583. The average Bonchev–Trinajstić information content (AvgIpc) is 3.11. The first-order valence-electron chi connectivity index (χ1n) is 9.07. The predicted molar refractivity (Wildman–Crippen MR) is 106 cm³/mol. The normalized spacial score (nSPS) is 12.0. The number of H-pyrrole nitrogens is 1. The zero-order valence-electron chi connectivity index (χ0n) is 16.0. The number of ether oxygens (including phenoxy) is 1. The number of hydrogen-bond donors (Lipinski definition) is 3. The number of aromatic nitrogens is 3. The topological polar surface area (TPSA) is 109 Å². The molecule has 146 valence electrons. The van der Waals surface area contributed by atoms with Crippen molar-refractivity contribution in [2.75, 3.05) is 11.9 Å². The van der Waals surface area contributed by atoms with Crippen LogP contribution in [0.25, 0.3) is 10.9 Å². The van der Waals surface area contributed by atoms with Gasteiger partial charge in [0.2, 0.25) is 11.8 Å². The molecule has 3 aromatic rings. The summed E-state index contributed by atoms with van der Waals surface area (Å²) < 4.78 is 5.51. The summed E-state index contributed by atoms with van der Waals surface area (Å²) in [6, 6.07) is 9.95. The Labute approximate surface area is 162 Å². The number of pyridine rings is 1. The molecule has 1 unspecified atom stereocenters. The number of fused-ring (bicyclic) bond motifs is 1. The second-order valence-corrected chi connectivity index (χ2v) is 6.89.